The Bertz CT molecular complexity index is 799. The van der Waals surface area contributed by atoms with Crippen molar-refractivity contribution in [3.05, 3.63) is 78.1 Å². The van der Waals surface area contributed by atoms with Gasteiger partial charge in [0.25, 0.3) is 5.91 Å². The van der Waals surface area contributed by atoms with E-state index in [2.05, 4.69) is 15.5 Å². The van der Waals surface area contributed by atoms with E-state index in [1.165, 1.54) is 0 Å². The van der Waals surface area contributed by atoms with E-state index < -0.39 is 0 Å². The van der Waals surface area contributed by atoms with E-state index in [0.717, 1.165) is 17.1 Å². The van der Waals surface area contributed by atoms with Crippen LogP contribution in [0.5, 0.6) is 0 Å². The number of nitrogens with zero attached hydrogens (tertiary/aromatic N) is 2. The average molecular weight is 290 g/mol. The fraction of sp³-hybridized carbons (Fsp3) is 0.0588. The Morgan fingerprint density at radius 1 is 0.955 bits per heavy atom. The molecule has 5 nitrogen and oxygen atoms in total. The first-order chi connectivity index (χ1) is 10.8. The number of benzene rings is 2. The van der Waals surface area contributed by atoms with Gasteiger partial charge in [0, 0.05) is 17.6 Å². The van der Waals surface area contributed by atoms with E-state index in [-0.39, 0.29) is 12.1 Å². The molecule has 1 aliphatic rings. The predicted molar refractivity (Wildman–Crippen MR) is 84.6 cm³/mol. The number of amides is 1. The van der Waals surface area contributed by atoms with Crippen molar-refractivity contribution in [3.8, 4) is 0 Å². The monoisotopic (exact) mass is 290 g/mol. The number of anilines is 2. The summed E-state index contributed by atoms with van der Waals surface area (Å²) in [7, 11) is 0. The van der Waals surface area contributed by atoms with Gasteiger partial charge < -0.3 is 5.32 Å². The molecule has 0 fully saturated rings. The Balaban J connectivity index is 1.87. The molecule has 1 unspecified atom stereocenters. The largest absolute Gasteiger partial charge is 0.359 e. The van der Waals surface area contributed by atoms with Gasteiger partial charge in [-0.3, -0.25) is 14.8 Å². The molecular formula is C17H14N4O. The van der Waals surface area contributed by atoms with Crippen LogP contribution in [0.25, 0.3) is 0 Å². The molecule has 0 radical (unpaired) electrons. The average Bonchev–Trinajstić information content (AvgIpc) is 3.10. The Labute approximate surface area is 127 Å². The summed E-state index contributed by atoms with van der Waals surface area (Å²) in [6, 6.07) is 19.1. The van der Waals surface area contributed by atoms with E-state index in [9.17, 15) is 4.79 Å². The van der Waals surface area contributed by atoms with Gasteiger partial charge in [-0.05, 0) is 30.3 Å². The normalized spacial score (nSPS) is 17.0. The molecule has 3 aromatic rings. The highest BCUT2D eigenvalue weighted by Gasteiger charge is 2.34. The summed E-state index contributed by atoms with van der Waals surface area (Å²) in [5, 5.41) is 10.4. The summed E-state index contributed by atoms with van der Waals surface area (Å²) in [5.41, 5.74) is 3.18. The minimum Gasteiger partial charge on any atom is -0.359 e. The summed E-state index contributed by atoms with van der Waals surface area (Å²) in [6.45, 7) is 0. The van der Waals surface area contributed by atoms with Crippen LogP contribution in [0.15, 0.2) is 66.9 Å². The molecule has 0 spiro atoms. The number of hydrogen-bond donors (Lipinski definition) is 2. The number of para-hydroxylation sites is 2. The number of hydrogen-bond acceptors (Lipinski definition) is 3. The second-order valence-electron chi connectivity index (χ2n) is 5.12. The van der Waals surface area contributed by atoms with Crippen molar-refractivity contribution < 1.29 is 4.79 Å². The minimum absolute atomic E-state index is 0.0276. The fourth-order valence-electron chi connectivity index (χ4n) is 2.75. The predicted octanol–water partition coefficient (Wildman–Crippen LogP) is 3.18. The summed E-state index contributed by atoms with van der Waals surface area (Å²) in [6.07, 6.45) is 1.37. The van der Waals surface area contributed by atoms with Crippen LogP contribution in [0.3, 0.4) is 0 Å². The zero-order valence-electron chi connectivity index (χ0n) is 11.7. The summed E-state index contributed by atoms with van der Waals surface area (Å²) in [5.74, 6) is -0.0276. The number of nitrogens with one attached hydrogen (secondary N) is 2. The van der Waals surface area contributed by atoms with Crippen molar-refractivity contribution in [2.24, 2.45) is 0 Å². The Morgan fingerprint density at radius 2 is 1.73 bits per heavy atom. The number of H-pyrrole nitrogens is 1. The van der Waals surface area contributed by atoms with Crippen molar-refractivity contribution in [2.75, 3.05) is 10.2 Å². The first kappa shape index (κ1) is 12.6. The molecule has 2 aromatic carbocycles. The van der Waals surface area contributed by atoms with E-state index in [0.29, 0.717) is 5.56 Å². The second-order valence-corrected chi connectivity index (χ2v) is 5.12. The summed E-state index contributed by atoms with van der Waals surface area (Å²) in [4.78, 5) is 14.7. The molecule has 1 amide bonds. The second kappa shape index (κ2) is 5.04. The maximum atomic E-state index is 13.0. The Morgan fingerprint density at radius 3 is 2.50 bits per heavy atom. The quantitative estimate of drug-likeness (QED) is 0.762. The molecule has 5 heteroatoms. The molecule has 1 aliphatic heterocycles. The molecule has 1 atom stereocenters. The van der Waals surface area contributed by atoms with Gasteiger partial charge in [-0.2, -0.15) is 5.10 Å². The van der Waals surface area contributed by atoms with Crippen molar-refractivity contribution in [1.29, 1.82) is 0 Å². The van der Waals surface area contributed by atoms with Gasteiger partial charge in [0.2, 0.25) is 0 Å². The molecule has 2 N–H and O–H groups in total. The molecule has 0 saturated carbocycles. The molecule has 22 heavy (non-hydrogen) atoms. The zero-order valence-corrected chi connectivity index (χ0v) is 11.7. The Hall–Kier alpha value is -3.08. The molecular weight excluding hydrogens is 276 g/mol. The third-order valence-electron chi connectivity index (χ3n) is 3.78. The van der Waals surface area contributed by atoms with Crippen LogP contribution in [0.1, 0.15) is 22.2 Å². The lowest BCUT2D eigenvalue weighted by Gasteiger charge is -2.37. The number of rotatable bonds is 2. The van der Waals surface area contributed by atoms with Crippen LogP contribution in [-0.2, 0) is 0 Å². The van der Waals surface area contributed by atoms with E-state index in [1.807, 2.05) is 60.7 Å². The van der Waals surface area contributed by atoms with Gasteiger partial charge in [0.1, 0.15) is 6.17 Å². The first-order valence-corrected chi connectivity index (χ1v) is 7.08. The first-order valence-electron chi connectivity index (χ1n) is 7.08. The van der Waals surface area contributed by atoms with Gasteiger partial charge in [-0.15, -0.1) is 0 Å². The van der Waals surface area contributed by atoms with Crippen molar-refractivity contribution >= 4 is 17.3 Å². The van der Waals surface area contributed by atoms with Crippen molar-refractivity contribution in [2.45, 2.75) is 6.17 Å². The number of aromatic nitrogens is 2. The third-order valence-corrected chi connectivity index (χ3v) is 3.78. The number of aromatic amines is 1. The van der Waals surface area contributed by atoms with E-state index in [4.69, 9.17) is 0 Å². The van der Waals surface area contributed by atoms with Crippen LogP contribution in [-0.4, -0.2) is 16.1 Å². The van der Waals surface area contributed by atoms with E-state index in [1.54, 1.807) is 11.1 Å². The number of carbonyl (C=O) groups is 1. The maximum Gasteiger partial charge on any atom is 0.262 e. The SMILES string of the molecule is O=C1c2ccccc2NC(c2ccn[nH]2)N1c1ccccc1. The number of fused-ring (bicyclic) bond motifs is 1. The van der Waals surface area contributed by atoms with Crippen LogP contribution >= 0.6 is 0 Å². The number of carbonyl (C=O) groups excluding carboxylic acids is 1. The molecule has 0 saturated heterocycles. The lowest BCUT2D eigenvalue weighted by Crippen LogP contribution is -2.43. The van der Waals surface area contributed by atoms with Crippen LogP contribution < -0.4 is 10.2 Å². The highest BCUT2D eigenvalue weighted by atomic mass is 16.2. The maximum absolute atomic E-state index is 13.0. The fourth-order valence-corrected chi connectivity index (χ4v) is 2.75. The van der Waals surface area contributed by atoms with Crippen LogP contribution in [0.2, 0.25) is 0 Å². The zero-order chi connectivity index (χ0) is 14.9. The van der Waals surface area contributed by atoms with Gasteiger partial charge in [0.05, 0.1) is 11.3 Å². The van der Waals surface area contributed by atoms with Crippen molar-refractivity contribution in [1.82, 2.24) is 10.2 Å². The molecule has 0 aliphatic carbocycles. The van der Waals surface area contributed by atoms with E-state index >= 15 is 0 Å². The molecule has 0 bridgehead atoms. The molecule has 2 heterocycles. The topological polar surface area (TPSA) is 61.0 Å². The summed E-state index contributed by atoms with van der Waals surface area (Å²) < 4.78 is 0. The van der Waals surface area contributed by atoms with Crippen LogP contribution in [0.4, 0.5) is 11.4 Å². The van der Waals surface area contributed by atoms with Crippen LogP contribution in [0, 0.1) is 0 Å². The highest BCUT2D eigenvalue weighted by Crippen LogP contribution is 2.35. The molecule has 1 aromatic heterocycles. The minimum atomic E-state index is -0.313. The lowest BCUT2D eigenvalue weighted by molar-refractivity contribution is 0.0974. The molecule has 4 rings (SSSR count). The van der Waals surface area contributed by atoms with Gasteiger partial charge >= 0.3 is 0 Å². The Kier molecular flexibility index (Phi) is 2.89. The summed E-state index contributed by atoms with van der Waals surface area (Å²) >= 11 is 0. The van der Waals surface area contributed by atoms with Gasteiger partial charge in [-0.25, -0.2) is 0 Å². The molecule has 108 valence electrons. The standard InChI is InChI=1S/C17H14N4O/c22-17-13-8-4-5-9-14(13)19-16(15-10-11-18-20-15)21(17)12-6-2-1-3-7-12/h1-11,16,19H,(H,18,20). The highest BCUT2D eigenvalue weighted by molar-refractivity contribution is 6.12. The van der Waals surface area contributed by atoms with Crippen molar-refractivity contribution in [3.63, 3.8) is 0 Å². The van der Waals surface area contributed by atoms with Gasteiger partial charge in [0.15, 0.2) is 0 Å². The smallest absolute Gasteiger partial charge is 0.262 e. The lowest BCUT2D eigenvalue weighted by atomic mass is 10.1. The van der Waals surface area contributed by atoms with Gasteiger partial charge in [-0.1, -0.05) is 30.3 Å². The third kappa shape index (κ3) is 1.95.